The average Bonchev–Trinajstić information content (AvgIpc) is 2.67. The van der Waals surface area contributed by atoms with Crippen molar-refractivity contribution in [1.29, 1.82) is 0 Å². The van der Waals surface area contributed by atoms with Crippen LogP contribution in [0.2, 0.25) is 0 Å². The van der Waals surface area contributed by atoms with Crippen LogP contribution in [0.3, 0.4) is 0 Å². The van der Waals surface area contributed by atoms with E-state index in [1.165, 1.54) is 11.8 Å². The van der Waals surface area contributed by atoms with Crippen LogP contribution in [0.5, 0.6) is 0 Å². The molecule has 0 spiro atoms. The molecule has 2 N–H and O–H groups in total. The molecule has 1 amide bonds. The third-order valence-corrected chi connectivity index (χ3v) is 4.30. The van der Waals surface area contributed by atoms with Gasteiger partial charge in [-0.25, -0.2) is 4.98 Å². The highest BCUT2D eigenvalue weighted by atomic mass is 79.9. The number of aryl methyl sites for hydroxylation is 2. The van der Waals surface area contributed by atoms with Gasteiger partial charge in [-0.1, -0.05) is 28.1 Å². The maximum atomic E-state index is 11.6. The highest BCUT2D eigenvalue weighted by Crippen LogP contribution is 2.35. The van der Waals surface area contributed by atoms with Crippen LogP contribution in [0, 0.1) is 13.8 Å². The molecular weight excluding hydrogens is 328 g/mol. The van der Waals surface area contributed by atoms with Gasteiger partial charge in [0.2, 0.25) is 5.91 Å². The normalized spacial score (nSPS) is 12.4. The fourth-order valence-corrected chi connectivity index (χ4v) is 2.76. The van der Waals surface area contributed by atoms with Gasteiger partial charge in [0.25, 0.3) is 5.22 Å². The van der Waals surface area contributed by atoms with Crippen LogP contribution < -0.4 is 5.73 Å². The van der Waals surface area contributed by atoms with E-state index in [-0.39, 0.29) is 0 Å². The summed E-state index contributed by atoms with van der Waals surface area (Å²) in [5, 5.41) is -0.0488. The lowest BCUT2D eigenvalue weighted by Gasteiger charge is -2.11. The zero-order valence-electron chi connectivity index (χ0n) is 10.5. The summed E-state index contributed by atoms with van der Waals surface area (Å²) in [6.45, 7) is 3.70. The predicted octanol–water partition coefficient (Wildman–Crippen LogP) is 3.37. The summed E-state index contributed by atoms with van der Waals surface area (Å²) >= 11 is 4.58. The molecule has 0 unspecified atom stereocenters. The van der Waals surface area contributed by atoms with Crippen molar-refractivity contribution in [1.82, 2.24) is 4.98 Å². The summed E-state index contributed by atoms with van der Waals surface area (Å²) in [4.78, 5) is 15.9. The third-order valence-electron chi connectivity index (χ3n) is 2.66. The molecule has 1 aromatic heterocycles. The molecule has 0 radical (unpaired) electrons. The maximum Gasteiger partial charge on any atom is 0.257 e. The standard InChI is InChI=1S/C13H13BrN2O2S/c1-7-8(2)18-13(16-7)19-11(12(15)17)9-3-5-10(14)6-4-9/h3-6,11H,1-2H3,(H2,15,17)/t11-/m0/s1. The lowest BCUT2D eigenvalue weighted by Crippen LogP contribution is -2.18. The Bertz CT molecular complexity index is 576. The Labute approximate surface area is 123 Å². The molecule has 100 valence electrons. The smallest absolute Gasteiger partial charge is 0.257 e. The maximum absolute atomic E-state index is 11.6. The Hall–Kier alpha value is -1.27. The van der Waals surface area contributed by atoms with Crippen molar-refractivity contribution in [3.8, 4) is 0 Å². The molecule has 4 nitrogen and oxygen atoms in total. The quantitative estimate of drug-likeness (QED) is 0.866. The van der Waals surface area contributed by atoms with Crippen LogP contribution in [-0.4, -0.2) is 10.9 Å². The van der Waals surface area contributed by atoms with Gasteiger partial charge in [-0.15, -0.1) is 0 Å². The number of benzene rings is 1. The highest BCUT2D eigenvalue weighted by Gasteiger charge is 2.22. The summed E-state index contributed by atoms with van der Waals surface area (Å²) in [7, 11) is 0. The molecular formula is C13H13BrN2O2S. The lowest BCUT2D eigenvalue weighted by molar-refractivity contribution is -0.117. The van der Waals surface area contributed by atoms with Crippen molar-refractivity contribution in [3.05, 3.63) is 45.8 Å². The first-order valence-corrected chi connectivity index (χ1v) is 7.30. The van der Waals surface area contributed by atoms with Gasteiger partial charge in [0.05, 0.1) is 5.69 Å². The molecule has 1 heterocycles. The zero-order valence-corrected chi connectivity index (χ0v) is 12.9. The number of carbonyl (C=O) groups is 1. The van der Waals surface area contributed by atoms with Crippen molar-refractivity contribution in [2.45, 2.75) is 24.3 Å². The van der Waals surface area contributed by atoms with E-state index in [4.69, 9.17) is 10.2 Å². The predicted molar refractivity (Wildman–Crippen MR) is 77.9 cm³/mol. The van der Waals surface area contributed by atoms with Crippen LogP contribution in [0.25, 0.3) is 0 Å². The van der Waals surface area contributed by atoms with E-state index >= 15 is 0 Å². The number of carbonyl (C=O) groups excluding carboxylic acids is 1. The van der Waals surface area contributed by atoms with Crippen molar-refractivity contribution < 1.29 is 9.21 Å². The van der Waals surface area contributed by atoms with E-state index in [9.17, 15) is 4.79 Å². The van der Waals surface area contributed by atoms with Crippen molar-refractivity contribution in [2.24, 2.45) is 5.73 Å². The van der Waals surface area contributed by atoms with Gasteiger partial charge in [-0.2, -0.15) is 0 Å². The minimum atomic E-state index is -0.509. The summed E-state index contributed by atoms with van der Waals surface area (Å²) < 4.78 is 6.43. The number of hydrogen-bond acceptors (Lipinski definition) is 4. The van der Waals surface area contributed by atoms with Gasteiger partial charge in [-0.3, -0.25) is 4.79 Å². The van der Waals surface area contributed by atoms with E-state index < -0.39 is 11.2 Å². The Morgan fingerprint density at radius 1 is 1.37 bits per heavy atom. The number of amides is 1. The number of oxazole rings is 1. The van der Waals surface area contributed by atoms with Crippen molar-refractivity contribution in [3.63, 3.8) is 0 Å². The van der Waals surface area contributed by atoms with Gasteiger partial charge in [-0.05, 0) is 43.3 Å². The van der Waals surface area contributed by atoms with Gasteiger partial charge in [0, 0.05) is 4.47 Å². The minimum Gasteiger partial charge on any atom is -0.437 e. The fraction of sp³-hybridized carbons (Fsp3) is 0.231. The van der Waals surface area contributed by atoms with Crippen LogP contribution in [0.4, 0.5) is 0 Å². The monoisotopic (exact) mass is 340 g/mol. The second-order valence-corrected chi connectivity index (χ2v) is 6.05. The van der Waals surface area contributed by atoms with Gasteiger partial charge < -0.3 is 10.2 Å². The van der Waals surface area contributed by atoms with E-state index in [1.807, 2.05) is 38.1 Å². The molecule has 19 heavy (non-hydrogen) atoms. The van der Waals surface area contributed by atoms with Crippen LogP contribution in [-0.2, 0) is 4.79 Å². The first kappa shape index (κ1) is 14.1. The van der Waals surface area contributed by atoms with E-state index in [1.54, 1.807) is 0 Å². The molecule has 1 atom stereocenters. The number of rotatable bonds is 4. The zero-order chi connectivity index (χ0) is 14.0. The first-order valence-electron chi connectivity index (χ1n) is 5.63. The number of hydrogen-bond donors (Lipinski definition) is 1. The number of thioether (sulfide) groups is 1. The van der Waals surface area contributed by atoms with Crippen LogP contribution in [0.15, 0.2) is 38.4 Å². The molecule has 6 heteroatoms. The molecule has 0 saturated heterocycles. The number of primary amides is 1. The lowest BCUT2D eigenvalue weighted by atomic mass is 10.1. The number of nitrogens with two attached hydrogens (primary N) is 1. The summed E-state index contributed by atoms with van der Waals surface area (Å²) in [5.74, 6) is 0.336. The Morgan fingerprint density at radius 3 is 2.47 bits per heavy atom. The molecule has 0 aliphatic carbocycles. The van der Waals surface area contributed by atoms with E-state index in [0.29, 0.717) is 5.22 Å². The van der Waals surface area contributed by atoms with E-state index in [0.717, 1.165) is 21.5 Å². The number of nitrogens with zero attached hydrogens (tertiary/aromatic N) is 1. The average molecular weight is 341 g/mol. The molecule has 0 aliphatic rings. The van der Waals surface area contributed by atoms with Crippen LogP contribution >= 0.6 is 27.7 Å². The third kappa shape index (κ3) is 3.39. The summed E-state index contributed by atoms with van der Waals surface area (Å²) in [6, 6.07) is 7.46. The van der Waals surface area contributed by atoms with E-state index in [2.05, 4.69) is 20.9 Å². The molecule has 2 aromatic rings. The molecule has 0 bridgehead atoms. The second-order valence-electron chi connectivity index (χ2n) is 4.07. The first-order chi connectivity index (χ1) is 8.97. The highest BCUT2D eigenvalue weighted by molar-refractivity contribution is 9.10. The Balaban J connectivity index is 2.26. The van der Waals surface area contributed by atoms with Gasteiger partial charge in [0.1, 0.15) is 11.0 Å². The summed E-state index contributed by atoms with van der Waals surface area (Å²) in [5.41, 5.74) is 7.11. The fourth-order valence-electron chi connectivity index (χ4n) is 1.52. The molecule has 2 rings (SSSR count). The molecule has 0 saturated carbocycles. The second kappa shape index (κ2) is 5.79. The van der Waals surface area contributed by atoms with Crippen LogP contribution in [0.1, 0.15) is 22.3 Å². The molecule has 0 fully saturated rings. The summed E-state index contributed by atoms with van der Waals surface area (Å²) in [6.07, 6.45) is 0. The number of halogens is 1. The topological polar surface area (TPSA) is 69.1 Å². The van der Waals surface area contributed by atoms with Crippen molar-refractivity contribution in [2.75, 3.05) is 0 Å². The SMILES string of the molecule is Cc1nc(S[C@H](C(N)=O)c2ccc(Br)cc2)oc1C. The van der Waals surface area contributed by atoms with Gasteiger partial charge >= 0.3 is 0 Å². The Morgan fingerprint density at radius 2 is 2.00 bits per heavy atom. The molecule has 1 aromatic carbocycles. The molecule has 0 aliphatic heterocycles. The van der Waals surface area contributed by atoms with Crippen molar-refractivity contribution >= 4 is 33.6 Å². The largest absolute Gasteiger partial charge is 0.437 e. The Kier molecular flexibility index (Phi) is 4.31. The van der Waals surface area contributed by atoms with Gasteiger partial charge in [0.15, 0.2) is 0 Å². The minimum absolute atomic E-state index is 0.416. The number of aromatic nitrogens is 1.